The molecule has 1 heterocycles. The van der Waals surface area contributed by atoms with Gasteiger partial charge in [0.2, 0.25) is 5.91 Å². The van der Waals surface area contributed by atoms with Crippen molar-refractivity contribution in [2.75, 3.05) is 20.3 Å². The van der Waals surface area contributed by atoms with Gasteiger partial charge in [-0.3, -0.25) is 10.1 Å². The lowest BCUT2D eigenvalue weighted by Crippen LogP contribution is -2.40. The maximum atomic E-state index is 12.6. The molecule has 0 spiro atoms. The zero-order valence-electron chi connectivity index (χ0n) is 12.5. The lowest BCUT2D eigenvalue weighted by atomic mass is 10.1. The Hall–Kier alpha value is -1.39. The lowest BCUT2D eigenvalue weighted by molar-refractivity contribution is -0.131. The molecule has 1 aromatic carbocycles. The average molecular weight is 276 g/mol. The highest BCUT2D eigenvalue weighted by Crippen LogP contribution is 2.26. The van der Waals surface area contributed by atoms with Crippen LogP contribution in [-0.2, 0) is 9.53 Å². The normalized spacial score (nSPS) is 24.1. The molecule has 1 saturated heterocycles. The smallest absolute Gasteiger partial charge is 0.245 e. The van der Waals surface area contributed by atoms with Crippen molar-refractivity contribution in [3.63, 3.8) is 0 Å². The van der Waals surface area contributed by atoms with E-state index in [0.717, 1.165) is 18.5 Å². The number of nitrogens with one attached hydrogen (secondary N) is 1. The van der Waals surface area contributed by atoms with Gasteiger partial charge in [-0.15, -0.1) is 0 Å². The summed E-state index contributed by atoms with van der Waals surface area (Å²) in [6.45, 7) is 5.63. The average Bonchev–Trinajstić information content (AvgIpc) is 2.77. The fourth-order valence-corrected chi connectivity index (χ4v) is 2.79. The van der Waals surface area contributed by atoms with Gasteiger partial charge in [-0.1, -0.05) is 44.2 Å². The van der Waals surface area contributed by atoms with E-state index in [0.29, 0.717) is 12.5 Å². The maximum Gasteiger partial charge on any atom is 0.245 e. The van der Waals surface area contributed by atoms with E-state index >= 15 is 0 Å². The first kappa shape index (κ1) is 15.0. The lowest BCUT2D eigenvalue weighted by Gasteiger charge is -2.26. The summed E-state index contributed by atoms with van der Waals surface area (Å²) in [5.74, 6) is 0.514. The van der Waals surface area contributed by atoms with Crippen LogP contribution in [0.3, 0.4) is 0 Å². The molecule has 1 aliphatic heterocycles. The molecule has 4 nitrogen and oxygen atoms in total. The fourth-order valence-electron chi connectivity index (χ4n) is 2.79. The van der Waals surface area contributed by atoms with Gasteiger partial charge >= 0.3 is 0 Å². The summed E-state index contributed by atoms with van der Waals surface area (Å²) >= 11 is 0. The number of nitrogens with zero attached hydrogens (tertiary/aromatic N) is 1. The van der Waals surface area contributed by atoms with Crippen LogP contribution < -0.4 is 5.32 Å². The molecule has 1 aromatic rings. The number of hydrogen-bond acceptors (Lipinski definition) is 3. The number of benzene rings is 1. The molecule has 0 aliphatic carbocycles. The second-order valence-corrected chi connectivity index (χ2v) is 5.49. The monoisotopic (exact) mass is 276 g/mol. The second-order valence-electron chi connectivity index (χ2n) is 5.49. The Kier molecular flexibility index (Phi) is 5.15. The van der Waals surface area contributed by atoms with Gasteiger partial charge in [-0.25, -0.2) is 0 Å². The summed E-state index contributed by atoms with van der Waals surface area (Å²) in [7, 11) is 1.70. The standard InChI is InChI=1S/C16H24N2O2/c1-4-14-17-15(13-8-6-5-7-9-13)16(19)18(14)10-12(2)11-20-3/h5-9,12,14-15,17H,4,10-11H2,1-3H3. The SMILES string of the molecule is CCC1NC(c2ccccc2)C(=O)N1CC(C)COC. The van der Waals surface area contributed by atoms with Gasteiger partial charge in [0.05, 0.1) is 12.8 Å². The van der Waals surface area contributed by atoms with Crippen molar-refractivity contribution in [2.24, 2.45) is 5.92 Å². The Labute approximate surface area is 121 Å². The van der Waals surface area contributed by atoms with Gasteiger partial charge in [0.15, 0.2) is 0 Å². The zero-order chi connectivity index (χ0) is 14.5. The minimum atomic E-state index is -0.212. The number of rotatable bonds is 6. The number of carbonyl (C=O) groups is 1. The van der Waals surface area contributed by atoms with Gasteiger partial charge in [0.25, 0.3) is 0 Å². The van der Waals surface area contributed by atoms with Crippen LogP contribution in [0.5, 0.6) is 0 Å². The summed E-state index contributed by atoms with van der Waals surface area (Å²) in [5.41, 5.74) is 1.04. The number of hydrogen-bond donors (Lipinski definition) is 1. The molecule has 0 bridgehead atoms. The van der Waals surface area contributed by atoms with Crippen molar-refractivity contribution in [3.8, 4) is 0 Å². The Bertz CT molecular complexity index is 435. The van der Waals surface area contributed by atoms with E-state index in [2.05, 4.69) is 19.2 Å². The third-order valence-electron chi connectivity index (χ3n) is 3.74. The molecular weight excluding hydrogens is 252 g/mol. The van der Waals surface area contributed by atoms with E-state index in [9.17, 15) is 4.79 Å². The maximum absolute atomic E-state index is 12.6. The molecular formula is C16H24N2O2. The van der Waals surface area contributed by atoms with Crippen LogP contribution in [-0.4, -0.2) is 37.2 Å². The van der Waals surface area contributed by atoms with Crippen LogP contribution in [0.25, 0.3) is 0 Å². The van der Waals surface area contributed by atoms with E-state index in [4.69, 9.17) is 4.74 Å². The van der Waals surface area contributed by atoms with Gasteiger partial charge in [-0.05, 0) is 17.9 Å². The highest BCUT2D eigenvalue weighted by atomic mass is 16.5. The van der Waals surface area contributed by atoms with Crippen molar-refractivity contribution in [1.82, 2.24) is 10.2 Å². The Balaban J connectivity index is 2.11. The predicted molar refractivity (Wildman–Crippen MR) is 79.2 cm³/mol. The third kappa shape index (κ3) is 3.19. The highest BCUT2D eigenvalue weighted by Gasteiger charge is 2.38. The Morgan fingerprint density at radius 3 is 2.65 bits per heavy atom. The van der Waals surface area contributed by atoms with E-state index < -0.39 is 0 Å². The molecule has 3 unspecified atom stereocenters. The van der Waals surface area contributed by atoms with Crippen molar-refractivity contribution in [1.29, 1.82) is 0 Å². The molecule has 1 aliphatic rings. The Morgan fingerprint density at radius 1 is 1.35 bits per heavy atom. The summed E-state index contributed by atoms with van der Waals surface area (Å²) in [4.78, 5) is 14.6. The molecule has 3 atom stereocenters. The van der Waals surface area contributed by atoms with Gasteiger partial charge < -0.3 is 9.64 Å². The zero-order valence-corrected chi connectivity index (χ0v) is 12.5. The van der Waals surface area contributed by atoms with E-state index in [-0.39, 0.29) is 18.1 Å². The largest absolute Gasteiger partial charge is 0.384 e. The van der Waals surface area contributed by atoms with Gasteiger partial charge in [0.1, 0.15) is 6.04 Å². The molecule has 1 N–H and O–H groups in total. The number of ether oxygens (including phenoxy) is 1. The topological polar surface area (TPSA) is 41.6 Å². The van der Waals surface area contributed by atoms with E-state index in [1.165, 1.54) is 0 Å². The van der Waals surface area contributed by atoms with Gasteiger partial charge in [-0.2, -0.15) is 0 Å². The number of carbonyl (C=O) groups excluding carboxylic acids is 1. The van der Waals surface area contributed by atoms with Crippen molar-refractivity contribution < 1.29 is 9.53 Å². The molecule has 20 heavy (non-hydrogen) atoms. The predicted octanol–water partition coefficient (Wildman–Crippen LogP) is 2.18. The summed E-state index contributed by atoms with van der Waals surface area (Å²) in [5, 5.41) is 3.44. The van der Waals surface area contributed by atoms with Crippen molar-refractivity contribution in [2.45, 2.75) is 32.5 Å². The molecule has 0 radical (unpaired) electrons. The van der Waals surface area contributed by atoms with Crippen LogP contribution in [0.1, 0.15) is 31.9 Å². The minimum absolute atomic E-state index is 0.118. The molecule has 110 valence electrons. The second kappa shape index (κ2) is 6.86. The van der Waals surface area contributed by atoms with Crippen LogP contribution >= 0.6 is 0 Å². The molecule has 0 saturated carbocycles. The van der Waals surface area contributed by atoms with Gasteiger partial charge in [0, 0.05) is 13.7 Å². The quantitative estimate of drug-likeness (QED) is 0.866. The van der Waals surface area contributed by atoms with Crippen LogP contribution in [0.15, 0.2) is 30.3 Å². The van der Waals surface area contributed by atoms with E-state index in [1.807, 2.05) is 35.2 Å². The molecule has 0 aromatic heterocycles. The molecule has 2 rings (SSSR count). The first-order valence-electron chi connectivity index (χ1n) is 7.27. The Morgan fingerprint density at radius 2 is 2.05 bits per heavy atom. The first-order chi connectivity index (χ1) is 9.67. The van der Waals surface area contributed by atoms with Crippen LogP contribution in [0, 0.1) is 5.92 Å². The highest BCUT2D eigenvalue weighted by molar-refractivity contribution is 5.85. The summed E-state index contributed by atoms with van der Waals surface area (Å²) < 4.78 is 5.17. The van der Waals surface area contributed by atoms with Crippen molar-refractivity contribution >= 4 is 5.91 Å². The fraction of sp³-hybridized carbons (Fsp3) is 0.562. The first-order valence-corrected chi connectivity index (χ1v) is 7.27. The van der Waals surface area contributed by atoms with Crippen molar-refractivity contribution in [3.05, 3.63) is 35.9 Å². The minimum Gasteiger partial charge on any atom is -0.384 e. The summed E-state index contributed by atoms with van der Waals surface area (Å²) in [6, 6.07) is 9.71. The van der Waals surface area contributed by atoms with E-state index in [1.54, 1.807) is 7.11 Å². The van der Waals surface area contributed by atoms with Crippen LogP contribution in [0.2, 0.25) is 0 Å². The van der Waals surface area contributed by atoms with Crippen LogP contribution in [0.4, 0.5) is 0 Å². The number of methoxy groups -OCH3 is 1. The number of amides is 1. The molecule has 4 heteroatoms. The summed E-state index contributed by atoms with van der Waals surface area (Å²) in [6.07, 6.45) is 1.03. The molecule has 1 amide bonds. The third-order valence-corrected chi connectivity index (χ3v) is 3.74. The molecule has 1 fully saturated rings.